The minimum absolute atomic E-state index is 0.122. The quantitative estimate of drug-likeness (QED) is 0.0293. The van der Waals surface area contributed by atoms with Gasteiger partial charge in [0.2, 0.25) is 0 Å². The van der Waals surface area contributed by atoms with Gasteiger partial charge in [0.25, 0.3) is 0 Å². The molecular weight excluding hydrogens is 1520 g/mol. The summed E-state index contributed by atoms with van der Waals surface area (Å²) in [5.74, 6) is 11.2. The van der Waals surface area contributed by atoms with Gasteiger partial charge in [0.1, 0.15) is 86.2 Å². The number of hydrogen-bond donors (Lipinski definition) is 5. The first-order valence-corrected chi connectivity index (χ1v) is 42.7. The number of carbonyl (C=O) groups excluding carboxylic acids is 1. The smallest absolute Gasteiger partial charge is 0.187 e. The van der Waals surface area contributed by atoms with E-state index in [9.17, 15) is 17.8 Å². The second kappa shape index (κ2) is 41.0. The van der Waals surface area contributed by atoms with Crippen molar-refractivity contribution in [2.24, 2.45) is 0 Å². The molecule has 0 bridgehead atoms. The van der Waals surface area contributed by atoms with Crippen LogP contribution in [0.25, 0.3) is 0 Å². The Kier molecular flexibility index (Phi) is 31.8. The molecule has 3 atom stereocenters. The minimum atomic E-state index is -2.38. The van der Waals surface area contributed by atoms with Crippen LogP contribution in [0.15, 0.2) is 133 Å². The van der Waals surface area contributed by atoms with Crippen LogP contribution in [0.5, 0.6) is 57.5 Å². The lowest BCUT2D eigenvalue weighted by Gasteiger charge is -2.17. The molecule has 2 unspecified atom stereocenters. The van der Waals surface area contributed by atoms with Gasteiger partial charge in [0.15, 0.2) is 63.6 Å². The third-order valence-corrected chi connectivity index (χ3v) is 23.3. The standard InChI is InChI=1S/C20H22N4O2S.C17H23N4O2P.C17H24N4O.C15H18N4O2.C14H18N4O2S/c1-13(2)16-10-23-19(27(25)12-15-7-5-4-6-8-15)9-17(16)26-18-11-22-14(3)24-20(18)21;1-11(2)13-9-20-16(24(22)6-4-5-7-24)8-14(13)23-15-10-19-12(3)21-17(15)18;1-6-11(4)14-7-15(13(8-20-14)10(2)3)22-16-9-19-12(5)21-17(16)18;1-8(2)11-6-18-12(9(3)20)5-13(11)21-14-7-17-10(4)19-15(14)16;1-8(2)10-6-17-13(21(4)19)5-11(10)20-12-7-16-9(3)18-14(12)15/h4-11,13H,12H2,1-3H3,(H2,21,22,24);8-11H,4-7H2,1-3H3,(H2,18,19,21);7-11H,6H2,1-5H3,(H2,18,19,21);5-8H,1-4H3,(H2,16,17,19);5-8H,1-4H3,(H2,15,16,18)/t;;11-;;/m..0../s1. The van der Waals surface area contributed by atoms with Gasteiger partial charge in [-0.3, -0.25) is 28.2 Å². The number of ether oxygens (including phenoxy) is 5. The maximum atomic E-state index is 13.0. The molecule has 0 aliphatic carbocycles. The molecule has 10 aromatic heterocycles. The SMILES string of the molecule is CC(=O)c1cc(Oc2cnc(C)nc2N)c(C(C)C)cn1.CC[C@H](C)c1cc(Oc2cnc(C)nc2N)c(C(C)C)cn1.Cc1ncc(Oc2cc(P3(=O)CCCC3)ncc2C(C)C)c(N)n1.Cc1ncc(Oc2cc(S(=O)Cc3ccccc3)ncc2C(C)C)c(N)n1.Cc1ncc(Oc2cc(S(C)=O)ncc2C(C)C)c(N)n1. The number of nitrogens with zero attached hydrogens (tertiary/aromatic N) is 15. The van der Waals surface area contributed by atoms with E-state index in [2.05, 4.69) is 116 Å². The molecule has 608 valence electrons. The average Bonchev–Trinajstić information content (AvgIpc) is 1.77. The fourth-order valence-electron chi connectivity index (χ4n) is 11.2. The molecule has 10 N–H and O–H groups in total. The summed E-state index contributed by atoms with van der Waals surface area (Å²) < 4.78 is 67.0. The Labute approximate surface area is 677 Å². The number of ketones is 1. The van der Waals surface area contributed by atoms with Crippen LogP contribution in [-0.4, -0.2) is 108 Å². The van der Waals surface area contributed by atoms with E-state index >= 15 is 0 Å². The molecule has 32 heteroatoms. The Balaban J connectivity index is 0.000000180. The molecule has 0 saturated carbocycles. The Morgan fingerprint density at radius 3 is 1.09 bits per heavy atom. The number of aryl methyl sites for hydroxylation is 5. The summed E-state index contributed by atoms with van der Waals surface area (Å²) >= 11 is 0. The highest BCUT2D eigenvalue weighted by atomic mass is 32.2. The van der Waals surface area contributed by atoms with Gasteiger partial charge in [-0.1, -0.05) is 113 Å². The number of hydrogen-bond acceptors (Lipinski definition) is 29. The topological polar surface area (TPSA) is 438 Å². The fourth-order valence-corrected chi connectivity index (χ4v) is 15.5. The van der Waals surface area contributed by atoms with Crippen LogP contribution in [-0.2, 0) is 31.9 Å². The summed E-state index contributed by atoms with van der Waals surface area (Å²) in [5.41, 5.74) is 37.2. The fraction of sp³-hybridized carbons (Fsp3) is 0.373. The zero-order valence-corrected chi connectivity index (χ0v) is 71.3. The minimum Gasteiger partial charge on any atom is -0.451 e. The van der Waals surface area contributed by atoms with Crippen molar-refractivity contribution in [3.8, 4) is 57.5 Å². The maximum Gasteiger partial charge on any atom is 0.187 e. The third kappa shape index (κ3) is 25.0. The van der Waals surface area contributed by atoms with E-state index in [0.717, 1.165) is 76.4 Å². The summed E-state index contributed by atoms with van der Waals surface area (Å²) in [6, 6.07) is 18.5. The Morgan fingerprint density at radius 1 is 0.417 bits per heavy atom. The molecule has 0 amide bonds. The lowest BCUT2D eigenvalue weighted by Crippen LogP contribution is -2.13. The summed E-state index contributed by atoms with van der Waals surface area (Å²) in [6.07, 6.45) is 22.6. The molecule has 1 aromatic carbocycles. The molecule has 11 aromatic rings. The monoisotopic (exact) mass is 1620 g/mol. The first kappa shape index (κ1) is 89.1. The largest absolute Gasteiger partial charge is 0.451 e. The Hall–Kier alpha value is -11.4. The lowest BCUT2D eigenvalue weighted by molar-refractivity contribution is 0.101. The van der Waals surface area contributed by atoms with Crippen LogP contribution in [0, 0.1) is 34.6 Å². The number of anilines is 5. The van der Waals surface area contributed by atoms with Crippen LogP contribution in [0.4, 0.5) is 29.1 Å². The van der Waals surface area contributed by atoms with Gasteiger partial charge in [0, 0.05) is 120 Å². The van der Waals surface area contributed by atoms with Crippen LogP contribution in [0.3, 0.4) is 0 Å². The number of nitrogens with two attached hydrogens (primary N) is 5. The van der Waals surface area contributed by atoms with E-state index in [1.165, 1.54) is 19.3 Å². The van der Waals surface area contributed by atoms with Crippen LogP contribution < -0.4 is 57.8 Å². The van der Waals surface area contributed by atoms with Gasteiger partial charge in [-0.15, -0.1) is 0 Å². The number of carbonyl (C=O) groups is 1. The van der Waals surface area contributed by atoms with Gasteiger partial charge >= 0.3 is 0 Å². The van der Waals surface area contributed by atoms with Gasteiger partial charge in [0.05, 0.1) is 58.3 Å². The molecule has 0 spiro atoms. The third-order valence-electron chi connectivity index (χ3n) is 18.0. The average molecular weight is 1620 g/mol. The van der Waals surface area contributed by atoms with Crippen molar-refractivity contribution in [3.63, 3.8) is 0 Å². The van der Waals surface area contributed by atoms with Gasteiger partial charge in [-0.25, -0.2) is 59.8 Å². The molecule has 0 radical (unpaired) electrons. The normalized spacial score (nSPS) is 12.9. The summed E-state index contributed by atoms with van der Waals surface area (Å²) in [5, 5.41) is 0.922. The number of benzene rings is 1. The van der Waals surface area contributed by atoms with Gasteiger partial charge in [-0.05, 0) is 95.0 Å². The predicted molar refractivity (Wildman–Crippen MR) is 452 cm³/mol. The van der Waals surface area contributed by atoms with E-state index in [1.54, 1.807) is 102 Å². The number of rotatable bonds is 23. The summed E-state index contributed by atoms with van der Waals surface area (Å²) in [6.45, 7) is 35.1. The van der Waals surface area contributed by atoms with Gasteiger partial charge < -0.3 is 56.9 Å². The van der Waals surface area contributed by atoms with Crippen molar-refractivity contribution in [2.45, 2.75) is 195 Å². The van der Waals surface area contributed by atoms with Crippen molar-refractivity contribution in [1.29, 1.82) is 0 Å². The molecule has 11 heterocycles. The van der Waals surface area contributed by atoms with Crippen molar-refractivity contribution in [2.75, 3.05) is 47.2 Å². The number of aromatic nitrogens is 15. The number of nitrogen functional groups attached to an aromatic ring is 5. The van der Waals surface area contributed by atoms with Crippen LogP contribution >= 0.6 is 7.14 Å². The first-order chi connectivity index (χ1) is 54.5. The zero-order chi connectivity index (χ0) is 84.1. The second-order valence-corrected chi connectivity index (χ2v) is 34.8. The molecule has 1 fully saturated rings. The molecule has 1 aliphatic heterocycles. The van der Waals surface area contributed by atoms with E-state index in [4.69, 9.17) is 52.4 Å². The Bertz CT molecular complexity index is 5170. The molecule has 12 rings (SSSR count). The van der Waals surface area contributed by atoms with Crippen molar-refractivity contribution < 1.29 is 41.5 Å². The predicted octanol–water partition coefficient (Wildman–Crippen LogP) is 16.9. The number of pyridine rings is 5. The summed E-state index contributed by atoms with van der Waals surface area (Å²) in [7, 11) is -4.85. The highest BCUT2D eigenvalue weighted by Crippen LogP contribution is 2.51. The zero-order valence-electron chi connectivity index (χ0n) is 68.8. The van der Waals surface area contributed by atoms with Crippen LogP contribution in [0.1, 0.15) is 223 Å². The second-order valence-electron chi connectivity index (χ2n) is 28.9. The van der Waals surface area contributed by atoms with Crippen molar-refractivity contribution in [3.05, 3.63) is 197 Å². The van der Waals surface area contributed by atoms with E-state index in [0.29, 0.717) is 131 Å². The highest BCUT2D eigenvalue weighted by molar-refractivity contribution is 7.84. The molecule has 1 aliphatic rings. The van der Waals surface area contributed by atoms with Crippen molar-refractivity contribution >= 4 is 69.0 Å². The summed E-state index contributed by atoms with van der Waals surface area (Å²) in [4.78, 5) is 74.4. The molecule has 1 saturated heterocycles. The first-order valence-electron chi connectivity index (χ1n) is 37.7. The molecular formula is C83H105N20O9PS2. The number of Topliss-reactive ketones (excluding diaryl/α,β-unsaturated/α-hetero) is 1. The highest BCUT2D eigenvalue weighted by Gasteiger charge is 2.32. The van der Waals surface area contributed by atoms with E-state index in [-0.39, 0.29) is 46.9 Å². The van der Waals surface area contributed by atoms with E-state index in [1.807, 2.05) is 90.2 Å². The Morgan fingerprint density at radius 2 is 0.739 bits per heavy atom. The van der Waals surface area contributed by atoms with Crippen molar-refractivity contribution in [1.82, 2.24) is 74.8 Å². The lowest BCUT2D eigenvalue weighted by atomic mass is 10.00. The van der Waals surface area contributed by atoms with E-state index < -0.39 is 28.7 Å². The molecule has 115 heavy (non-hydrogen) atoms. The maximum absolute atomic E-state index is 13.0. The molecule has 29 nitrogen and oxygen atoms in total. The van der Waals surface area contributed by atoms with Gasteiger partial charge in [-0.2, -0.15) is 0 Å². The van der Waals surface area contributed by atoms with Crippen LogP contribution in [0.2, 0.25) is 0 Å².